The Hall–Kier alpha value is -2.09. The predicted molar refractivity (Wildman–Crippen MR) is 106 cm³/mol. The lowest BCUT2D eigenvalue weighted by molar-refractivity contribution is -0.155. The van der Waals surface area contributed by atoms with Gasteiger partial charge in [-0.1, -0.05) is 13.0 Å². The number of esters is 1. The van der Waals surface area contributed by atoms with Gasteiger partial charge in [-0.05, 0) is 38.8 Å². The molecule has 2 fully saturated rings. The van der Waals surface area contributed by atoms with Gasteiger partial charge in [-0.25, -0.2) is 0 Å². The van der Waals surface area contributed by atoms with Crippen molar-refractivity contribution < 1.29 is 19.1 Å². The van der Waals surface area contributed by atoms with E-state index in [0.717, 1.165) is 11.3 Å². The molecule has 1 aromatic heterocycles. The minimum Gasteiger partial charge on any atom is -0.452 e. The lowest BCUT2D eigenvalue weighted by Crippen LogP contribution is -2.55. The van der Waals surface area contributed by atoms with E-state index in [-0.39, 0.29) is 23.7 Å². The lowest BCUT2D eigenvalue weighted by Gasteiger charge is -2.31. The summed E-state index contributed by atoms with van der Waals surface area (Å²) >= 11 is 1.55. The van der Waals surface area contributed by atoms with Gasteiger partial charge in [-0.15, -0.1) is 11.8 Å². The number of nitrogens with zero attached hydrogens (tertiary/aromatic N) is 2. The monoisotopic (exact) mass is 405 g/mol. The van der Waals surface area contributed by atoms with E-state index in [1.165, 1.54) is 0 Å². The van der Waals surface area contributed by atoms with Crippen LogP contribution in [0.3, 0.4) is 0 Å². The number of hydrogen-bond acceptors (Lipinski definition) is 6. The van der Waals surface area contributed by atoms with Crippen LogP contribution in [-0.4, -0.2) is 50.4 Å². The molecule has 0 radical (unpaired) electrons. The molecule has 1 aromatic rings. The van der Waals surface area contributed by atoms with Crippen LogP contribution < -0.4 is 5.32 Å². The molecule has 152 valence electrons. The maximum absolute atomic E-state index is 13.0. The number of rotatable bonds is 5. The Bertz CT molecular complexity index is 782. The molecule has 3 heterocycles. The van der Waals surface area contributed by atoms with E-state index in [4.69, 9.17) is 4.74 Å². The fraction of sp³-hybridized carbons (Fsp3) is 0.600. The summed E-state index contributed by atoms with van der Waals surface area (Å²) in [6, 6.07) is 3.16. The van der Waals surface area contributed by atoms with Gasteiger partial charge in [0.2, 0.25) is 5.91 Å². The SMILES string of the molecule is CC[C@@H]1C[C@@H](C(=O)N2CSC(C)(C)[C@H]2C(=O)NCc2ncccc2C)OC1=O. The first kappa shape index (κ1) is 20.6. The number of pyridine rings is 1. The van der Waals surface area contributed by atoms with Gasteiger partial charge < -0.3 is 15.0 Å². The summed E-state index contributed by atoms with van der Waals surface area (Å²) in [6.45, 7) is 8.07. The largest absolute Gasteiger partial charge is 0.452 e. The fourth-order valence-corrected chi connectivity index (χ4v) is 4.83. The third kappa shape index (κ3) is 4.01. The van der Waals surface area contributed by atoms with Crippen LogP contribution in [0.2, 0.25) is 0 Å². The van der Waals surface area contributed by atoms with Crippen LogP contribution in [0.15, 0.2) is 18.3 Å². The smallest absolute Gasteiger partial charge is 0.309 e. The Morgan fingerprint density at radius 1 is 1.43 bits per heavy atom. The van der Waals surface area contributed by atoms with E-state index >= 15 is 0 Å². The second-order valence-corrected chi connectivity index (χ2v) is 9.44. The van der Waals surface area contributed by atoms with Gasteiger partial charge in [0.05, 0.1) is 24.0 Å². The number of aryl methyl sites for hydroxylation is 1. The zero-order chi connectivity index (χ0) is 20.5. The maximum Gasteiger partial charge on any atom is 0.309 e. The molecule has 3 rings (SSSR count). The highest BCUT2D eigenvalue weighted by atomic mass is 32.2. The number of thioether (sulfide) groups is 1. The summed E-state index contributed by atoms with van der Waals surface area (Å²) in [7, 11) is 0. The summed E-state index contributed by atoms with van der Waals surface area (Å²) in [5, 5.41) is 2.93. The van der Waals surface area contributed by atoms with Crippen molar-refractivity contribution >= 4 is 29.5 Å². The summed E-state index contributed by atoms with van der Waals surface area (Å²) in [6.07, 6.45) is 1.94. The number of ether oxygens (including phenoxy) is 1. The number of aromatic nitrogens is 1. The van der Waals surface area contributed by atoms with Crippen molar-refractivity contribution in [3.8, 4) is 0 Å². The van der Waals surface area contributed by atoms with Gasteiger partial charge in [-0.3, -0.25) is 19.4 Å². The first-order valence-electron chi connectivity index (χ1n) is 9.57. The van der Waals surface area contributed by atoms with E-state index < -0.39 is 16.9 Å². The van der Waals surface area contributed by atoms with Gasteiger partial charge in [0.1, 0.15) is 6.04 Å². The van der Waals surface area contributed by atoms with E-state index in [0.29, 0.717) is 25.3 Å². The van der Waals surface area contributed by atoms with Crippen molar-refractivity contribution in [2.24, 2.45) is 5.92 Å². The van der Waals surface area contributed by atoms with Crippen LogP contribution in [0.1, 0.15) is 44.9 Å². The zero-order valence-electron chi connectivity index (χ0n) is 16.7. The Balaban J connectivity index is 1.71. The van der Waals surface area contributed by atoms with Gasteiger partial charge in [-0.2, -0.15) is 0 Å². The topological polar surface area (TPSA) is 88.6 Å². The Morgan fingerprint density at radius 2 is 2.18 bits per heavy atom. The molecule has 7 nitrogen and oxygen atoms in total. The molecule has 0 aliphatic carbocycles. The number of cyclic esters (lactones) is 1. The second-order valence-electron chi connectivity index (χ2n) is 7.84. The van der Waals surface area contributed by atoms with Crippen LogP contribution in [0, 0.1) is 12.8 Å². The Kier molecular flexibility index (Phi) is 5.98. The molecule has 1 N–H and O–H groups in total. The van der Waals surface area contributed by atoms with Crippen molar-refractivity contribution in [2.45, 2.75) is 64.0 Å². The summed E-state index contributed by atoms with van der Waals surface area (Å²) in [5.74, 6) is -0.659. The predicted octanol–water partition coefficient (Wildman–Crippen LogP) is 2.03. The maximum atomic E-state index is 13.0. The standard InChI is InChI=1S/C20H27N3O4S/c1-5-13-9-15(27-19(13)26)18(25)23-11-28-20(3,4)16(23)17(24)22-10-14-12(2)7-6-8-21-14/h6-8,13,15-16H,5,9-11H2,1-4H3,(H,22,24)/t13-,15+,16-/m1/s1. The molecular formula is C20H27N3O4S. The van der Waals surface area contributed by atoms with Crippen LogP contribution in [-0.2, 0) is 25.7 Å². The molecule has 3 atom stereocenters. The molecule has 2 amide bonds. The third-order valence-electron chi connectivity index (χ3n) is 5.48. The number of nitrogens with one attached hydrogen (secondary N) is 1. The fourth-order valence-electron chi connectivity index (χ4n) is 3.69. The minimum absolute atomic E-state index is 0.218. The van der Waals surface area contributed by atoms with E-state index in [9.17, 15) is 14.4 Å². The highest BCUT2D eigenvalue weighted by Crippen LogP contribution is 2.40. The Labute approximate surface area is 169 Å². The molecular weight excluding hydrogens is 378 g/mol. The molecule has 2 aliphatic heterocycles. The van der Waals surface area contributed by atoms with Gasteiger partial charge in [0.25, 0.3) is 5.91 Å². The highest BCUT2D eigenvalue weighted by molar-refractivity contribution is 8.00. The van der Waals surface area contributed by atoms with Crippen molar-refractivity contribution in [1.82, 2.24) is 15.2 Å². The van der Waals surface area contributed by atoms with Crippen LogP contribution in [0.4, 0.5) is 0 Å². The quantitative estimate of drug-likeness (QED) is 0.754. The molecule has 0 aromatic carbocycles. The number of amides is 2. The first-order valence-corrected chi connectivity index (χ1v) is 10.6. The van der Waals surface area contributed by atoms with E-state index in [1.54, 1.807) is 22.9 Å². The van der Waals surface area contributed by atoms with Crippen LogP contribution in [0.25, 0.3) is 0 Å². The Morgan fingerprint density at radius 3 is 2.82 bits per heavy atom. The number of carbonyl (C=O) groups excluding carboxylic acids is 3. The normalized spacial score (nSPS) is 26.2. The lowest BCUT2D eigenvalue weighted by atomic mass is 9.98. The highest BCUT2D eigenvalue weighted by Gasteiger charge is 2.51. The molecule has 0 saturated carbocycles. The van der Waals surface area contributed by atoms with Crippen molar-refractivity contribution in [1.29, 1.82) is 0 Å². The van der Waals surface area contributed by atoms with Crippen molar-refractivity contribution in [3.05, 3.63) is 29.6 Å². The third-order valence-corrected chi connectivity index (χ3v) is 6.86. The summed E-state index contributed by atoms with van der Waals surface area (Å²) in [5.41, 5.74) is 1.80. The van der Waals surface area contributed by atoms with Crippen LogP contribution in [0.5, 0.6) is 0 Å². The minimum atomic E-state index is -0.791. The summed E-state index contributed by atoms with van der Waals surface area (Å²) < 4.78 is 4.86. The molecule has 28 heavy (non-hydrogen) atoms. The van der Waals surface area contributed by atoms with Gasteiger partial charge in [0, 0.05) is 17.4 Å². The molecule has 0 unspecified atom stereocenters. The van der Waals surface area contributed by atoms with Crippen molar-refractivity contribution in [3.63, 3.8) is 0 Å². The van der Waals surface area contributed by atoms with E-state index in [2.05, 4.69) is 10.3 Å². The van der Waals surface area contributed by atoms with Crippen molar-refractivity contribution in [2.75, 3.05) is 5.88 Å². The molecule has 0 spiro atoms. The molecule has 2 saturated heterocycles. The van der Waals surface area contributed by atoms with Gasteiger partial charge >= 0.3 is 5.97 Å². The molecule has 2 aliphatic rings. The molecule has 0 bridgehead atoms. The van der Waals surface area contributed by atoms with Crippen LogP contribution >= 0.6 is 11.8 Å². The summed E-state index contributed by atoms with van der Waals surface area (Å²) in [4.78, 5) is 43.8. The number of carbonyl (C=O) groups is 3. The zero-order valence-corrected chi connectivity index (χ0v) is 17.5. The number of hydrogen-bond donors (Lipinski definition) is 1. The average Bonchev–Trinajstić information content (AvgIpc) is 3.19. The average molecular weight is 406 g/mol. The van der Waals surface area contributed by atoms with E-state index in [1.807, 2.05) is 39.8 Å². The van der Waals surface area contributed by atoms with Gasteiger partial charge in [0.15, 0.2) is 6.10 Å². The second kappa shape index (κ2) is 8.11. The first-order chi connectivity index (χ1) is 13.2. The molecule has 8 heteroatoms.